The second-order valence-corrected chi connectivity index (χ2v) is 7.05. The normalized spacial score (nSPS) is 26.1. The average Bonchev–Trinajstić information content (AvgIpc) is 3.20. The van der Waals surface area contributed by atoms with Gasteiger partial charge in [-0.05, 0) is 60.8 Å². The van der Waals surface area contributed by atoms with E-state index in [2.05, 4.69) is 24.3 Å². The number of likely N-dealkylation sites (tertiary alicyclic amines) is 1. The highest BCUT2D eigenvalue weighted by Crippen LogP contribution is 2.44. The first-order valence-electron chi connectivity index (χ1n) is 8.65. The molecule has 0 spiro atoms. The molecule has 1 aromatic carbocycles. The fraction of sp³-hybridized carbons (Fsp3) is 0.526. The molecule has 1 amide bonds. The van der Waals surface area contributed by atoms with E-state index in [-0.39, 0.29) is 18.5 Å². The molecule has 1 saturated heterocycles. The van der Waals surface area contributed by atoms with Crippen LogP contribution < -0.4 is 0 Å². The molecule has 1 aliphatic heterocycles. The maximum Gasteiger partial charge on any atom is 0.471 e. The fourth-order valence-corrected chi connectivity index (χ4v) is 4.57. The predicted octanol–water partition coefficient (Wildman–Crippen LogP) is 4.45. The number of alkyl halides is 3. The molecular formula is C19H20F3NO. The predicted molar refractivity (Wildman–Crippen MR) is 85.5 cm³/mol. The molecule has 0 unspecified atom stereocenters. The summed E-state index contributed by atoms with van der Waals surface area (Å²) in [5.74, 6) is -1.63. The Balaban J connectivity index is 1.64. The number of rotatable bonds is 1. The van der Waals surface area contributed by atoms with Crippen LogP contribution in [0.3, 0.4) is 0 Å². The van der Waals surface area contributed by atoms with Crippen molar-refractivity contribution in [2.24, 2.45) is 0 Å². The highest BCUT2D eigenvalue weighted by molar-refractivity contribution is 5.82. The lowest BCUT2D eigenvalue weighted by atomic mass is 9.87. The van der Waals surface area contributed by atoms with Crippen molar-refractivity contribution in [3.05, 3.63) is 41.0 Å². The van der Waals surface area contributed by atoms with Gasteiger partial charge in [0.1, 0.15) is 0 Å². The van der Waals surface area contributed by atoms with Gasteiger partial charge in [0.15, 0.2) is 0 Å². The summed E-state index contributed by atoms with van der Waals surface area (Å²) in [5.41, 5.74) is 4.81. The van der Waals surface area contributed by atoms with Crippen LogP contribution in [0.15, 0.2) is 24.3 Å². The SMILES string of the molecule is O=C(N1CCC[C@@H]2c3cc(C4=CCCC4)ccc3C[C@@H]21)C(F)(F)F. The molecule has 4 rings (SSSR count). The number of halogens is 3. The van der Waals surface area contributed by atoms with Gasteiger partial charge in [-0.2, -0.15) is 13.2 Å². The summed E-state index contributed by atoms with van der Waals surface area (Å²) in [6.45, 7) is 0.214. The number of carbonyl (C=O) groups is 1. The first-order chi connectivity index (χ1) is 11.4. The van der Waals surface area contributed by atoms with E-state index in [1.807, 2.05) is 0 Å². The van der Waals surface area contributed by atoms with Crippen molar-refractivity contribution < 1.29 is 18.0 Å². The number of benzene rings is 1. The minimum absolute atomic E-state index is 0.0435. The molecule has 1 aromatic rings. The number of hydrogen-bond acceptors (Lipinski definition) is 1. The van der Waals surface area contributed by atoms with Crippen molar-refractivity contribution in [1.29, 1.82) is 0 Å². The van der Waals surface area contributed by atoms with Gasteiger partial charge >= 0.3 is 12.1 Å². The van der Waals surface area contributed by atoms with E-state index in [1.54, 1.807) is 0 Å². The summed E-state index contributed by atoms with van der Waals surface area (Å²) in [6.07, 6.45) is 2.87. The minimum Gasteiger partial charge on any atom is -0.331 e. The number of hydrogen-bond donors (Lipinski definition) is 0. The van der Waals surface area contributed by atoms with Crippen molar-refractivity contribution in [1.82, 2.24) is 4.90 Å². The van der Waals surface area contributed by atoms with Crippen LogP contribution in [0.4, 0.5) is 13.2 Å². The summed E-state index contributed by atoms with van der Waals surface area (Å²) in [6, 6.07) is 5.97. The van der Waals surface area contributed by atoms with Crippen LogP contribution in [0, 0.1) is 0 Å². The molecule has 0 bridgehead atoms. The smallest absolute Gasteiger partial charge is 0.331 e. The van der Waals surface area contributed by atoms with Crippen LogP contribution in [0.25, 0.3) is 5.57 Å². The molecular weight excluding hydrogens is 315 g/mol. The third kappa shape index (κ3) is 2.54. The molecule has 5 heteroatoms. The number of piperidine rings is 1. The molecule has 0 radical (unpaired) electrons. The number of allylic oxidation sites excluding steroid dienone is 2. The quantitative estimate of drug-likeness (QED) is 0.743. The monoisotopic (exact) mass is 335 g/mol. The summed E-state index contributed by atoms with van der Waals surface area (Å²) in [7, 11) is 0. The fourth-order valence-electron chi connectivity index (χ4n) is 4.57. The van der Waals surface area contributed by atoms with E-state index >= 15 is 0 Å². The average molecular weight is 335 g/mol. The highest BCUT2D eigenvalue weighted by atomic mass is 19.4. The van der Waals surface area contributed by atoms with E-state index in [0.717, 1.165) is 35.3 Å². The second kappa shape index (κ2) is 5.64. The zero-order chi connectivity index (χ0) is 16.9. The molecule has 24 heavy (non-hydrogen) atoms. The van der Waals surface area contributed by atoms with Gasteiger partial charge in [-0.1, -0.05) is 24.3 Å². The van der Waals surface area contributed by atoms with Gasteiger partial charge in [-0.25, -0.2) is 0 Å². The Labute approximate surface area is 139 Å². The van der Waals surface area contributed by atoms with Gasteiger partial charge in [-0.3, -0.25) is 4.79 Å². The van der Waals surface area contributed by atoms with E-state index in [0.29, 0.717) is 12.8 Å². The van der Waals surface area contributed by atoms with Gasteiger partial charge < -0.3 is 4.90 Å². The Hall–Kier alpha value is -1.78. The van der Waals surface area contributed by atoms with Crippen LogP contribution in [-0.2, 0) is 11.2 Å². The Morgan fingerprint density at radius 1 is 1.21 bits per heavy atom. The third-order valence-corrected chi connectivity index (χ3v) is 5.67. The van der Waals surface area contributed by atoms with E-state index in [4.69, 9.17) is 0 Å². The zero-order valence-corrected chi connectivity index (χ0v) is 13.4. The maximum atomic E-state index is 12.9. The Kier molecular flexibility index (Phi) is 3.70. The van der Waals surface area contributed by atoms with E-state index in [9.17, 15) is 18.0 Å². The zero-order valence-electron chi connectivity index (χ0n) is 13.4. The summed E-state index contributed by atoms with van der Waals surface area (Å²) in [4.78, 5) is 12.9. The van der Waals surface area contributed by atoms with E-state index in [1.165, 1.54) is 17.6 Å². The van der Waals surface area contributed by atoms with Crippen molar-refractivity contribution in [2.75, 3.05) is 6.54 Å². The first-order valence-corrected chi connectivity index (χ1v) is 8.65. The number of fused-ring (bicyclic) bond motifs is 3. The second-order valence-electron chi connectivity index (χ2n) is 7.05. The standard InChI is InChI=1S/C19H20F3NO/c20-19(21,22)18(24)23-9-3-6-15-16-10-13(12-4-1-2-5-12)7-8-14(16)11-17(15)23/h4,7-8,10,15,17H,1-3,5-6,9,11H2/t15-,17+/m1/s1. The molecule has 128 valence electrons. The Bertz CT molecular complexity index is 707. The van der Waals surface area contributed by atoms with Crippen molar-refractivity contribution >= 4 is 11.5 Å². The Morgan fingerprint density at radius 2 is 2.04 bits per heavy atom. The number of amides is 1. The lowest BCUT2D eigenvalue weighted by Crippen LogP contribution is -2.51. The molecule has 0 saturated carbocycles. The van der Waals surface area contributed by atoms with Crippen LogP contribution in [0.1, 0.15) is 54.7 Å². The molecule has 2 nitrogen and oxygen atoms in total. The van der Waals surface area contributed by atoms with Gasteiger partial charge in [0.2, 0.25) is 0 Å². The summed E-state index contributed by atoms with van der Waals surface area (Å²) < 4.78 is 38.7. The minimum atomic E-state index is -4.78. The summed E-state index contributed by atoms with van der Waals surface area (Å²) in [5, 5.41) is 0. The molecule has 3 aliphatic rings. The molecule has 0 aromatic heterocycles. The van der Waals surface area contributed by atoms with E-state index < -0.39 is 12.1 Å². The van der Waals surface area contributed by atoms with Crippen LogP contribution in [0.2, 0.25) is 0 Å². The number of carbonyl (C=O) groups excluding carboxylic acids is 1. The summed E-state index contributed by atoms with van der Waals surface area (Å²) >= 11 is 0. The van der Waals surface area contributed by atoms with Crippen LogP contribution in [-0.4, -0.2) is 29.6 Å². The van der Waals surface area contributed by atoms with Crippen LogP contribution >= 0.6 is 0 Å². The molecule has 1 heterocycles. The Morgan fingerprint density at radius 3 is 2.75 bits per heavy atom. The first kappa shape index (κ1) is 15.7. The van der Waals surface area contributed by atoms with Crippen molar-refractivity contribution in [3.63, 3.8) is 0 Å². The van der Waals surface area contributed by atoms with Gasteiger partial charge in [0, 0.05) is 18.5 Å². The van der Waals surface area contributed by atoms with Gasteiger partial charge in [0.05, 0.1) is 0 Å². The lowest BCUT2D eigenvalue weighted by Gasteiger charge is -2.38. The third-order valence-electron chi connectivity index (χ3n) is 5.67. The van der Waals surface area contributed by atoms with Gasteiger partial charge in [0.25, 0.3) is 0 Å². The topological polar surface area (TPSA) is 20.3 Å². The highest BCUT2D eigenvalue weighted by Gasteiger charge is 2.49. The van der Waals surface area contributed by atoms with Crippen molar-refractivity contribution in [3.8, 4) is 0 Å². The molecule has 2 atom stereocenters. The number of nitrogens with zero attached hydrogens (tertiary/aromatic N) is 1. The lowest BCUT2D eigenvalue weighted by molar-refractivity contribution is -0.189. The molecule has 2 aliphatic carbocycles. The maximum absolute atomic E-state index is 12.9. The van der Waals surface area contributed by atoms with Crippen LogP contribution in [0.5, 0.6) is 0 Å². The molecule has 0 N–H and O–H groups in total. The van der Waals surface area contributed by atoms with Crippen molar-refractivity contribution in [2.45, 2.75) is 56.7 Å². The largest absolute Gasteiger partial charge is 0.471 e. The molecule has 1 fully saturated rings. The van der Waals surface area contributed by atoms with Gasteiger partial charge in [-0.15, -0.1) is 0 Å².